The first-order valence-corrected chi connectivity index (χ1v) is 21.3. The Labute approximate surface area is 341 Å². The maximum absolute atomic E-state index is 12.6. The summed E-state index contributed by atoms with van der Waals surface area (Å²) in [6.45, 7) is 6.12. The largest absolute Gasteiger partial charge is 0.462 e. The van der Waals surface area contributed by atoms with Gasteiger partial charge in [-0.15, -0.1) is 0 Å². The van der Waals surface area contributed by atoms with E-state index in [2.05, 4.69) is 69.4 Å². The quantitative estimate of drug-likeness (QED) is 0.0210. The Hall–Kier alpha value is -4.45. The van der Waals surface area contributed by atoms with Gasteiger partial charge in [0.15, 0.2) is 6.10 Å². The molecule has 0 saturated carbocycles. The van der Waals surface area contributed by atoms with Gasteiger partial charge in [-0.3, -0.25) is 14.4 Å². The van der Waals surface area contributed by atoms with Gasteiger partial charge in [0.1, 0.15) is 13.2 Å². The van der Waals surface area contributed by atoms with Crippen LogP contribution in [0.5, 0.6) is 0 Å². The Morgan fingerprint density at radius 1 is 0.411 bits per heavy atom. The highest BCUT2D eigenvalue weighted by Crippen LogP contribution is 2.10. The molecule has 0 aliphatic rings. The van der Waals surface area contributed by atoms with Crippen LogP contribution in [0.15, 0.2) is 134 Å². The average Bonchev–Trinajstić information content (AvgIpc) is 3.19. The van der Waals surface area contributed by atoms with Crippen molar-refractivity contribution in [2.75, 3.05) is 13.2 Å². The number of hydrogen-bond donors (Lipinski definition) is 0. The highest BCUT2D eigenvalue weighted by atomic mass is 16.6. The van der Waals surface area contributed by atoms with E-state index in [4.69, 9.17) is 14.2 Å². The van der Waals surface area contributed by atoms with E-state index in [0.717, 1.165) is 83.5 Å². The van der Waals surface area contributed by atoms with Gasteiger partial charge in [0.2, 0.25) is 0 Å². The van der Waals surface area contributed by atoms with Crippen molar-refractivity contribution in [1.29, 1.82) is 0 Å². The van der Waals surface area contributed by atoms with Gasteiger partial charge in [0, 0.05) is 12.8 Å². The van der Waals surface area contributed by atoms with Gasteiger partial charge in [-0.05, 0) is 70.6 Å². The Balaban J connectivity index is 4.56. The van der Waals surface area contributed by atoms with E-state index in [1.165, 1.54) is 12.8 Å². The van der Waals surface area contributed by atoms with E-state index in [-0.39, 0.29) is 44.4 Å². The van der Waals surface area contributed by atoms with Gasteiger partial charge in [-0.1, -0.05) is 187 Å². The molecule has 1 atom stereocenters. The molecule has 0 heterocycles. The first-order chi connectivity index (χ1) is 27.5. The normalized spacial score (nSPS) is 13.4. The van der Waals surface area contributed by atoms with Crippen molar-refractivity contribution in [2.24, 2.45) is 0 Å². The van der Waals surface area contributed by atoms with Crippen LogP contribution in [-0.4, -0.2) is 37.2 Å². The van der Waals surface area contributed by atoms with Crippen molar-refractivity contribution >= 4 is 17.9 Å². The molecule has 0 radical (unpaired) electrons. The van der Waals surface area contributed by atoms with Crippen LogP contribution in [0.3, 0.4) is 0 Å². The molecule has 0 rings (SSSR count). The maximum atomic E-state index is 12.6. The summed E-state index contributed by atoms with van der Waals surface area (Å²) in [5.41, 5.74) is 0. The Morgan fingerprint density at radius 3 is 1.45 bits per heavy atom. The SMILES string of the molecule is CC\C=C/C=C\C=C/C=C\C=C\C=C/C=C\CCCCCC(=O)OCC(COC(=O)C/C=C\C/C=C\C/C=C\CC)OC(=O)CCCCCC/C=C\CCCC. The van der Waals surface area contributed by atoms with Gasteiger partial charge in [-0.2, -0.15) is 0 Å². The molecule has 0 bridgehead atoms. The van der Waals surface area contributed by atoms with Crippen LogP contribution < -0.4 is 0 Å². The molecule has 0 fully saturated rings. The summed E-state index contributed by atoms with van der Waals surface area (Å²) in [7, 11) is 0. The zero-order chi connectivity index (χ0) is 40.8. The monoisotopic (exact) mass is 771 g/mol. The molecule has 0 N–H and O–H groups in total. The third-order valence-corrected chi connectivity index (χ3v) is 8.10. The molecular formula is C50H74O6. The number of unbranched alkanes of at least 4 members (excludes halogenated alkanes) is 9. The topological polar surface area (TPSA) is 78.9 Å². The summed E-state index contributed by atoms with van der Waals surface area (Å²) in [5, 5.41) is 0. The summed E-state index contributed by atoms with van der Waals surface area (Å²) in [5.74, 6) is -1.14. The van der Waals surface area contributed by atoms with Gasteiger partial charge < -0.3 is 14.2 Å². The van der Waals surface area contributed by atoms with E-state index < -0.39 is 12.1 Å². The average molecular weight is 771 g/mol. The van der Waals surface area contributed by atoms with Crippen LogP contribution in [0.25, 0.3) is 0 Å². The molecule has 0 aromatic carbocycles. The fraction of sp³-hybridized carbons (Fsp3) is 0.500. The Bertz CT molecular complexity index is 1300. The van der Waals surface area contributed by atoms with Crippen molar-refractivity contribution in [3.05, 3.63) is 134 Å². The van der Waals surface area contributed by atoms with Crippen molar-refractivity contribution in [3.8, 4) is 0 Å². The Kier molecular flexibility index (Phi) is 39.8. The van der Waals surface area contributed by atoms with Crippen molar-refractivity contribution in [3.63, 3.8) is 0 Å². The van der Waals surface area contributed by atoms with Crippen LogP contribution in [0.2, 0.25) is 0 Å². The second kappa shape index (κ2) is 43.3. The highest BCUT2D eigenvalue weighted by Gasteiger charge is 2.19. The lowest BCUT2D eigenvalue weighted by molar-refractivity contribution is -0.166. The number of esters is 3. The predicted molar refractivity (Wildman–Crippen MR) is 237 cm³/mol. The van der Waals surface area contributed by atoms with Crippen LogP contribution in [0.1, 0.15) is 143 Å². The molecule has 0 aromatic heterocycles. The lowest BCUT2D eigenvalue weighted by Crippen LogP contribution is -2.30. The second-order valence-electron chi connectivity index (χ2n) is 13.3. The summed E-state index contributed by atoms with van der Waals surface area (Å²) >= 11 is 0. The van der Waals surface area contributed by atoms with Crippen molar-refractivity contribution in [2.45, 2.75) is 149 Å². The molecule has 6 nitrogen and oxygen atoms in total. The summed E-state index contributed by atoms with van der Waals surface area (Å²) in [6.07, 6.45) is 60.4. The van der Waals surface area contributed by atoms with E-state index in [1.807, 2.05) is 79.0 Å². The van der Waals surface area contributed by atoms with Gasteiger partial charge >= 0.3 is 17.9 Å². The van der Waals surface area contributed by atoms with Gasteiger partial charge in [-0.25, -0.2) is 0 Å². The van der Waals surface area contributed by atoms with Crippen LogP contribution in [0, 0.1) is 0 Å². The zero-order valence-electron chi connectivity index (χ0n) is 35.1. The van der Waals surface area contributed by atoms with E-state index in [0.29, 0.717) is 6.42 Å². The summed E-state index contributed by atoms with van der Waals surface area (Å²) in [6, 6.07) is 0. The van der Waals surface area contributed by atoms with E-state index in [9.17, 15) is 14.4 Å². The molecule has 1 unspecified atom stereocenters. The number of carbonyl (C=O) groups excluding carboxylic acids is 3. The molecule has 310 valence electrons. The lowest BCUT2D eigenvalue weighted by Gasteiger charge is -2.18. The van der Waals surface area contributed by atoms with Crippen LogP contribution in [0.4, 0.5) is 0 Å². The van der Waals surface area contributed by atoms with Crippen LogP contribution >= 0.6 is 0 Å². The van der Waals surface area contributed by atoms with E-state index >= 15 is 0 Å². The molecular weight excluding hydrogens is 697 g/mol. The van der Waals surface area contributed by atoms with Crippen molar-refractivity contribution in [1.82, 2.24) is 0 Å². The standard InChI is InChI=1S/C50H74O6/c1-4-7-10-13-16-19-21-22-23-24-25-26-27-28-29-32-34-37-40-43-49(52)55-46-47(45-54-48(51)42-39-36-33-30-18-15-12-9-6-3)56-50(53)44-41-38-35-31-20-17-14-11-8-5-2/h7,9-10,12-14,16-19,21-30,36,39,47H,4-6,8,11,15,20,31-35,37-38,40-46H2,1-3H3/b10-7-,12-9-,16-13-,17-14-,21-19-,23-22-,25-24+,27-26-,29-28-,30-18-,39-36-. The molecule has 0 amide bonds. The summed E-state index contributed by atoms with van der Waals surface area (Å²) in [4.78, 5) is 37.5. The van der Waals surface area contributed by atoms with E-state index in [1.54, 1.807) is 6.08 Å². The third-order valence-electron chi connectivity index (χ3n) is 8.10. The molecule has 0 saturated heterocycles. The fourth-order valence-corrected chi connectivity index (χ4v) is 4.93. The molecule has 0 aliphatic heterocycles. The molecule has 0 aliphatic carbocycles. The highest BCUT2D eigenvalue weighted by molar-refractivity contribution is 5.72. The molecule has 56 heavy (non-hydrogen) atoms. The maximum Gasteiger partial charge on any atom is 0.309 e. The van der Waals surface area contributed by atoms with Crippen molar-refractivity contribution < 1.29 is 28.6 Å². The number of ether oxygens (including phenoxy) is 3. The minimum atomic E-state index is -0.840. The van der Waals surface area contributed by atoms with Crippen LogP contribution in [-0.2, 0) is 28.6 Å². The lowest BCUT2D eigenvalue weighted by atomic mass is 10.1. The second-order valence-corrected chi connectivity index (χ2v) is 13.3. The zero-order valence-corrected chi connectivity index (χ0v) is 35.1. The number of carbonyl (C=O) groups is 3. The number of rotatable bonds is 35. The fourth-order valence-electron chi connectivity index (χ4n) is 4.93. The molecule has 0 aromatic rings. The minimum absolute atomic E-state index is 0.117. The first-order valence-electron chi connectivity index (χ1n) is 21.3. The third kappa shape index (κ3) is 40.7. The number of hydrogen-bond acceptors (Lipinski definition) is 6. The smallest absolute Gasteiger partial charge is 0.309 e. The first kappa shape index (κ1) is 51.5. The molecule has 0 spiro atoms. The minimum Gasteiger partial charge on any atom is -0.462 e. The molecule has 6 heteroatoms. The number of allylic oxidation sites excluding steroid dienone is 21. The summed E-state index contributed by atoms with van der Waals surface area (Å²) < 4.78 is 16.5. The predicted octanol–water partition coefficient (Wildman–Crippen LogP) is 13.6. The van der Waals surface area contributed by atoms with Gasteiger partial charge in [0.05, 0.1) is 6.42 Å². The Morgan fingerprint density at radius 2 is 0.857 bits per heavy atom. The van der Waals surface area contributed by atoms with Gasteiger partial charge in [0.25, 0.3) is 0 Å².